The topological polar surface area (TPSA) is 41.5 Å². The fourth-order valence-corrected chi connectivity index (χ4v) is 2.44. The van der Waals surface area contributed by atoms with Crippen LogP contribution in [-0.4, -0.2) is 37.5 Å². The van der Waals surface area contributed by atoms with E-state index >= 15 is 0 Å². The minimum Gasteiger partial charge on any atom is -0.389 e. The van der Waals surface area contributed by atoms with Gasteiger partial charge in [-0.15, -0.1) is 0 Å². The van der Waals surface area contributed by atoms with E-state index in [1.165, 1.54) is 25.7 Å². The van der Waals surface area contributed by atoms with Crippen LogP contribution in [0.5, 0.6) is 0 Å². The van der Waals surface area contributed by atoms with E-state index in [4.69, 9.17) is 4.74 Å². The third-order valence-corrected chi connectivity index (χ3v) is 3.50. The lowest BCUT2D eigenvalue weighted by molar-refractivity contribution is 0.0251. The van der Waals surface area contributed by atoms with Crippen molar-refractivity contribution in [1.82, 2.24) is 5.32 Å². The van der Waals surface area contributed by atoms with Gasteiger partial charge in [0.2, 0.25) is 0 Å². The summed E-state index contributed by atoms with van der Waals surface area (Å²) in [5.41, 5.74) is 0.457. The molecule has 0 aromatic rings. The van der Waals surface area contributed by atoms with E-state index in [2.05, 4.69) is 26.1 Å². The second-order valence-corrected chi connectivity index (χ2v) is 6.23. The maximum Gasteiger partial charge on any atom is 0.0897 e. The number of hydrogen-bond donors (Lipinski definition) is 2. The summed E-state index contributed by atoms with van der Waals surface area (Å²) in [7, 11) is 0. The van der Waals surface area contributed by atoms with Gasteiger partial charge in [-0.3, -0.25) is 0 Å². The van der Waals surface area contributed by atoms with Gasteiger partial charge in [0.05, 0.1) is 12.7 Å². The molecule has 0 aliphatic heterocycles. The second kappa shape index (κ2) is 7.34. The third kappa shape index (κ3) is 6.39. The van der Waals surface area contributed by atoms with Gasteiger partial charge in [0.25, 0.3) is 0 Å². The van der Waals surface area contributed by atoms with Crippen molar-refractivity contribution in [2.75, 3.05) is 26.3 Å². The van der Waals surface area contributed by atoms with Crippen LogP contribution >= 0.6 is 0 Å². The van der Waals surface area contributed by atoms with E-state index in [-0.39, 0.29) is 6.10 Å². The molecular formula is C14H29NO2. The molecule has 1 saturated carbocycles. The maximum atomic E-state index is 9.73. The lowest BCUT2D eigenvalue weighted by atomic mass is 9.89. The highest BCUT2D eigenvalue weighted by atomic mass is 16.5. The first kappa shape index (κ1) is 14.9. The highest BCUT2D eigenvalue weighted by Gasteiger charge is 2.27. The molecule has 3 heteroatoms. The Kier molecular flexibility index (Phi) is 6.45. The number of nitrogens with one attached hydrogen (secondary N) is 1. The minimum atomic E-state index is -0.376. The van der Waals surface area contributed by atoms with E-state index in [0.717, 1.165) is 13.2 Å². The average Bonchev–Trinajstić information content (AvgIpc) is 2.65. The lowest BCUT2D eigenvalue weighted by Crippen LogP contribution is -2.36. The van der Waals surface area contributed by atoms with Crippen LogP contribution in [0.1, 0.15) is 46.5 Å². The summed E-state index contributed by atoms with van der Waals surface area (Å²) in [5, 5.41) is 13.1. The van der Waals surface area contributed by atoms with Crippen molar-refractivity contribution in [1.29, 1.82) is 0 Å². The fraction of sp³-hybridized carbons (Fsp3) is 1.00. The number of aliphatic hydroxyl groups is 1. The number of ether oxygens (including phenoxy) is 1. The molecule has 0 saturated heterocycles. The molecule has 102 valence electrons. The molecule has 1 aliphatic carbocycles. The van der Waals surface area contributed by atoms with Crippen molar-refractivity contribution in [3.8, 4) is 0 Å². The molecule has 1 unspecified atom stereocenters. The van der Waals surface area contributed by atoms with Gasteiger partial charge in [-0.25, -0.2) is 0 Å². The first-order valence-electron chi connectivity index (χ1n) is 6.98. The fourth-order valence-electron chi connectivity index (χ4n) is 2.44. The molecule has 0 spiro atoms. The van der Waals surface area contributed by atoms with Gasteiger partial charge < -0.3 is 15.2 Å². The van der Waals surface area contributed by atoms with E-state index in [1.54, 1.807) is 0 Å². The van der Waals surface area contributed by atoms with E-state index in [9.17, 15) is 5.11 Å². The monoisotopic (exact) mass is 243 g/mol. The van der Waals surface area contributed by atoms with Gasteiger partial charge in [0, 0.05) is 19.7 Å². The summed E-state index contributed by atoms with van der Waals surface area (Å²) < 4.78 is 5.41. The molecule has 1 atom stereocenters. The van der Waals surface area contributed by atoms with E-state index in [0.29, 0.717) is 24.5 Å². The summed E-state index contributed by atoms with van der Waals surface area (Å²) in [6, 6.07) is 0. The number of rotatable bonds is 8. The van der Waals surface area contributed by atoms with Crippen molar-refractivity contribution >= 4 is 0 Å². The molecule has 1 fully saturated rings. The number of aliphatic hydroxyl groups excluding tert-OH is 1. The zero-order valence-corrected chi connectivity index (χ0v) is 11.7. The Labute approximate surface area is 106 Å². The van der Waals surface area contributed by atoms with Crippen molar-refractivity contribution in [3.05, 3.63) is 0 Å². The SMILES string of the molecule is CC(C)COCC(O)CNCC1(C)CCCC1. The molecule has 0 amide bonds. The zero-order valence-electron chi connectivity index (χ0n) is 11.7. The summed E-state index contributed by atoms with van der Waals surface area (Å²) >= 11 is 0. The highest BCUT2D eigenvalue weighted by molar-refractivity contribution is 4.82. The van der Waals surface area contributed by atoms with Crippen LogP contribution in [0, 0.1) is 11.3 Å². The van der Waals surface area contributed by atoms with Crippen molar-refractivity contribution < 1.29 is 9.84 Å². The van der Waals surface area contributed by atoms with Crippen LogP contribution in [0.2, 0.25) is 0 Å². The molecule has 0 radical (unpaired) electrons. The second-order valence-electron chi connectivity index (χ2n) is 6.23. The summed E-state index contributed by atoms with van der Waals surface area (Å²) in [4.78, 5) is 0. The standard InChI is InChI=1S/C14H29NO2/c1-12(2)9-17-10-13(16)8-15-11-14(3)6-4-5-7-14/h12-13,15-16H,4-11H2,1-3H3. The molecule has 0 aromatic carbocycles. The third-order valence-electron chi connectivity index (χ3n) is 3.50. The van der Waals surface area contributed by atoms with Crippen molar-refractivity contribution in [2.45, 2.75) is 52.6 Å². The Morgan fingerprint density at radius 2 is 1.88 bits per heavy atom. The Balaban J connectivity index is 2.01. The molecular weight excluding hydrogens is 214 g/mol. The molecule has 17 heavy (non-hydrogen) atoms. The van der Waals surface area contributed by atoms with Gasteiger partial charge in [0.1, 0.15) is 0 Å². The summed E-state index contributed by atoms with van der Waals surface area (Å²) in [5.74, 6) is 0.535. The van der Waals surface area contributed by atoms with Crippen LogP contribution in [0.4, 0.5) is 0 Å². The Bertz CT molecular complexity index is 200. The quantitative estimate of drug-likeness (QED) is 0.686. The average molecular weight is 243 g/mol. The van der Waals surface area contributed by atoms with Gasteiger partial charge in [-0.1, -0.05) is 33.6 Å². The van der Waals surface area contributed by atoms with Crippen LogP contribution in [-0.2, 0) is 4.74 Å². The Morgan fingerprint density at radius 1 is 1.24 bits per heavy atom. The normalized spacial score (nSPS) is 21.0. The van der Waals surface area contributed by atoms with Crippen LogP contribution in [0.25, 0.3) is 0 Å². The van der Waals surface area contributed by atoms with Gasteiger partial charge in [-0.2, -0.15) is 0 Å². The smallest absolute Gasteiger partial charge is 0.0897 e. The molecule has 2 N–H and O–H groups in total. The van der Waals surface area contributed by atoms with Gasteiger partial charge in [0.15, 0.2) is 0 Å². The first-order chi connectivity index (χ1) is 8.02. The predicted molar refractivity (Wildman–Crippen MR) is 71.1 cm³/mol. The molecule has 3 nitrogen and oxygen atoms in total. The highest BCUT2D eigenvalue weighted by Crippen LogP contribution is 2.36. The first-order valence-corrected chi connectivity index (χ1v) is 6.98. The Morgan fingerprint density at radius 3 is 2.47 bits per heavy atom. The molecule has 1 aliphatic rings. The van der Waals surface area contributed by atoms with Gasteiger partial charge >= 0.3 is 0 Å². The predicted octanol–water partition coefficient (Wildman–Crippen LogP) is 2.19. The van der Waals surface area contributed by atoms with Crippen molar-refractivity contribution in [2.24, 2.45) is 11.3 Å². The molecule has 0 aromatic heterocycles. The van der Waals surface area contributed by atoms with E-state index < -0.39 is 0 Å². The van der Waals surface area contributed by atoms with Crippen molar-refractivity contribution in [3.63, 3.8) is 0 Å². The largest absolute Gasteiger partial charge is 0.389 e. The van der Waals surface area contributed by atoms with Crippen LogP contribution in [0.3, 0.4) is 0 Å². The van der Waals surface area contributed by atoms with Gasteiger partial charge in [-0.05, 0) is 24.2 Å². The molecule has 0 heterocycles. The maximum absolute atomic E-state index is 9.73. The minimum absolute atomic E-state index is 0.376. The summed E-state index contributed by atoms with van der Waals surface area (Å²) in [6.07, 6.45) is 4.98. The Hall–Kier alpha value is -0.120. The number of hydrogen-bond acceptors (Lipinski definition) is 3. The summed E-state index contributed by atoms with van der Waals surface area (Å²) in [6.45, 7) is 9.42. The van der Waals surface area contributed by atoms with Crippen LogP contribution < -0.4 is 5.32 Å². The van der Waals surface area contributed by atoms with E-state index in [1.807, 2.05) is 0 Å². The van der Waals surface area contributed by atoms with Crippen LogP contribution in [0.15, 0.2) is 0 Å². The molecule has 0 bridgehead atoms. The zero-order chi connectivity index (χ0) is 12.7. The lowest BCUT2D eigenvalue weighted by Gasteiger charge is -2.24. The molecule has 1 rings (SSSR count).